The summed E-state index contributed by atoms with van der Waals surface area (Å²) < 4.78 is 13.5. The van der Waals surface area contributed by atoms with Gasteiger partial charge in [0.05, 0.1) is 19.6 Å². The molecule has 158 valence electrons. The van der Waals surface area contributed by atoms with Crippen molar-refractivity contribution in [3.63, 3.8) is 0 Å². The van der Waals surface area contributed by atoms with E-state index in [2.05, 4.69) is 32.7 Å². The molecule has 6 heteroatoms. The van der Waals surface area contributed by atoms with Gasteiger partial charge < -0.3 is 15.2 Å². The van der Waals surface area contributed by atoms with E-state index < -0.39 is 0 Å². The lowest BCUT2D eigenvalue weighted by molar-refractivity contribution is -0.691. The van der Waals surface area contributed by atoms with Gasteiger partial charge in [-0.15, -0.1) is 0 Å². The zero-order chi connectivity index (χ0) is 21.6. The SMILES string of the molecule is COc1ccc([C@H]2C3=C(CC(C)(C)CC3=O)Oc3nc[n+](CC(C)C)c(N)c32)cc1. The number of nitrogen functional groups attached to an aromatic ring is 1. The van der Waals surface area contributed by atoms with Gasteiger partial charge >= 0.3 is 5.88 Å². The highest BCUT2D eigenvalue weighted by atomic mass is 16.5. The number of aromatic nitrogens is 2. The summed E-state index contributed by atoms with van der Waals surface area (Å²) in [5.74, 6) is 2.81. The number of benzene rings is 1. The van der Waals surface area contributed by atoms with E-state index in [4.69, 9.17) is 15.2 Å². The Morgan fingerprint density at radius 3 is 2.60 bits per heavy atom. The number of Topliss-reactive ketones (excluding diaryl/α,β-unsaturated/α-hetero) is 1. The Kier molecular flexibility index (Phi) is 5.04. The number of ketones is 1. The molecule has 0 unspecified atom stereocenters. The third-order valence-corrected chi connectivity index (χ3v) is 5.82. The number of carbonyl (C=O) groups excluding carboxylic acids is 1. The van der Waals surface area contributed by atoms with Crippen LogP contribution in [0.1, 0.15) is 57.6 Å². The van der Waals surface area contributed by atoms with Crippen molar-refractivity contribution in [1.29, 1.82) is 0 Å². The van der Waals surface area contributed by atoms with E-state index >= 15 is 0 Å². The highest BCUT2D eigenvalue weighted by Crippen LogP contribution is 2.50. The van der Waals surface area contributed by atoms with Crippen LogP contribution in [0.3, 0.4) is 0 Å². The molecule has 1 atom stereocenters. The molecule has 4 rings (SSSR count). The van der Waals surface area contributed by atoms with Crippen LogP contribution >= 0.6 is 0 Å². The molecule has 0 saturated heterocycles. The lowest BCUT2D eigenvalue weighted by Crippen LogP contribution is -2.43. The minimum atomic E-state index is -0.301. The van der Waals surface area contributed by atoms with E-state index in [1.54, 1.807) is 13.4 Å². The molecule has 0 bridgehead atoms. The van der Waals surface area contributed by atoms with Crippen LogP contribution in [0.15, 0.2) is 41.9 Å². The highest BCUT2D eigenvalue weighted by Gasteiger charge is 2.45. The predicted molar refractivity (Wildman–Crippen MR) is 114 cm³/mol. The second-order valence-corrected chi connectivity index (χ2v) is 9.48. The third kappa shape index (κ3) is 3.55. The normalized spacial score (nSPS) is 19.9. The molecule has 1 aromatic carbocycles. The fraction of sp³-hybridized carbons (Fsp3) is 0.458. The van der Waals surface area contributed by atoms with E-state index in [0.717, 1.165) is 29.2 Å². The van der Waals surface area contributed by atoms with Crippen LogP contribution in [-0.2, 0) is 11.3 Å². The van der Waals surface area contributed by atoms with Crippen LogP contribution in [0.5, 0.6) is 11.6 Å². The molecule has 1 aliphatic heterocycles. The van der Waals surface area contributed by atoms with Gasteiger partial charge in [-0.1, -0.05) is 44.8 Å². The maximum absolute atomic E-state index is 13.3. The second kappa shape index (κ2) is 7.42. The second-order valence-electron chi connectivity index (χ2n) is 9.48. The largest absolute Gasteiger partial charge is 0.497 e. The summed E-state index contributed by atoms with van der Waals surface area (Å²) in [5, 5.41) is 0. The minimum Gasteiger partial charge on any atom is -0.497 e. The summed E-state index contributed by atoms with van der Waals surface area (Å²) in [4.78, 5) is 17.9. The van der Waals surface area contributed by atoms with E-state index in [1.807, 2.05) is 28.8 Å². The summed E-state index contributed by atoms with van der Waals surface area (Å²) in [6, 6.07) is 7.82. The monoisotopic (exact) mass is 408 g/mol. The highest BCUT2D eigenvalue weighted by molar-refractivity contribution is 6.00. The van der Waals surface area contributed by atoms with Crippen LogP contribution in [0.25, 0.3) is 0 Å². The molecule has 0 fully saturated rings. The molecule has 1 aliphatic carbocycles. The smallest absolute Gasteiger partial charge is 0.305 e. The minimum absolute atomic E-state index is 0.117. The van der Waals surface area contributed by atoms with Crippen LogP contribution < -0.4 is 19.8 Å². The molecule has 2 N–H and O–H groups in total. The van der Waals surface area contributed by atoms with Crippen LogP contribution in [-0.4, -0.2) is 17.9 Å². The Morgan fingerprint density at radius 1 is 1.27 bits per heavy atom. The van der Waals surface area contributed by atoms with Crippen molar-refractivity contribution in [2.75, 3.05) is 12.8 Å². The van der Waals surface area contributed by atoms with Crippen molar-refractivity contribution in [1.82, 2.24) is 4.98 Å². The van der Waals surface area contributed by atoms with Crippen molar-refractivity contribution < 1.29 is 18.8 Å². The lowest BCUT2D eigenvalue weighted by atomic mass is 9.70. The zero-order valence-corrected chi connectivity index (χ0v) is 18.4. The number of anilines is 1. The summed E-state index contributed by atoms with van der Waals surface area (Å²) in [6.07, 6.45) is 2.92. The molecule has 2 heterocycles. The van der Waals surface area contributed by atoms with E-state index in [0.29, 0.717) is 36.0 Å². The van der Waals surface area contributed by atoms with Gasteiger partial charge in [-0.2, -0.15) is 0 Å². The van der Waals surface area contributed by atoms with Gasteiger partial charge in [0.15, 0.2) is 5.78 Å². The summed E-state index contributed by atoms with van der Waals surface area (Å²) in [7, 11) is 1.64. The van der Waals surface area contributed by atoms with Gasteiger partial charge in [-0.25, -0.2) is 4.57 Å². The van der Waals surface area contributed by atoms with Crippen LogP contribution in [0, 0.1) is 11.3 Å². The molecule has 0 saturated carbocycles. The van der Waals surface area contributed by atoms with E-state index in [1.165, 1.54) is 0 Å². The number of allylic oxidation sites excluding steroid dienone is 2. The Bertz CT molecular complexity index is 1020. The Morgan fingerprint density at radius 2 is 1.97 bits per heavy atom. The van der Waals surface area contributed by atoms with Crippen LogP contribution in [0.2, 0.25) is 0 Å². The quantitative estimate of drug-likeness (QED) is 0.779. The molecule has 0 radical (unpaired) electrons. The zero-order valence-electron chi connectivity index (χ0n) is 18.4. The van der Waals surface area contributed by atoms with Gasteiger partial charge in [0, 0.05) is 18.4 Å². The first-order valence-electron chi connectivity index (χ1n) is 10.5. The van der Waals surface area contributed by atoms with Gasteiger partial charge in [0.1, 0.15) is 17.1 Å². The first-order chi connectivity index (χ1) is 14.2. The molecule has 30 heavy (non-hydrogen) atoms. The summed E-state index contributed by atoms with van der Waals surface area (Å²) in [5.41, 5.74) is 8.97. The number of hydrogen-bond donors (Lipinski definition) is 1. The van der Waals surface area contributed by atoms with E-state index in [9.17, 15) is 4.79 Å². The Labute approximate surface area is 177 Å². The Balaban J connectivity index is 1.92. The number of fused-ring (bicyclic) bond motifs is 1. The molecule has 2 aromatic rings. The number of nitrogens with zero attached hydrogens (tertiary/aromatic N) is 2. The Hall–Kier alpha value is -2.89. The third-order valence-electron chi connectivity index (χ3n) is 5.82. The maximum Gasteiger partial charge on any atom is 0.305 e. The maximum atomic E-state index is 13.3. The van der Waals surface area contributed by atoms with Gasteiger partial charge in [-0.05, 0) is 29.0 Å². The fourth-order valence-corrected chi connectivity index (χ4v) is 4.49. The van der Waals surface area contributed by atoms with Gasteiger partial charge in [-0.3, -0.25) is 4.79 Å². The van der Waals surface area contributed by atoms with Gasteiger partial charge in [0.25, 0.3) is 0 Å². The standard InChI is InChI=1S/C24H29N3O3/c1-14(2)12-27-13-26-23-21(22(27)25)19(15-6-8-16(29-5)9-7-15)20-17(28)10-24(3,4)11-18(20)30-23/h6-9,13-14,19,25H,10-12H2,1-5H3/p+1/t19-/m0/s1. The molecule has 0 amide bonds. The lowest BCUT2D eigenvalue weighted by Gasteiger charge is -2.37. The molecular weight excluding hydrogens is 378 g/mol. The number of ether oxygens (including phenoxy) is 2. The first-order valence-corrected chi connectivity index (χ1v) is 10.5. The number of rotatable bonds is 4. The number of nitrogens with two attached hydrogens (primary N) is 1. The molecule has 0 spiro atoms. The number of carbonyl (C=O) groups is 1. The van der Waals surface area contributed by atoms with Crippen molar-refractivity contribution in [2.24, 2.45) is 11.3 Å². The summed E-state index contributed by atoms with van der Waals surface area (Å²) >= 11 is 0. The number of hydrogen-bond acceptors (Lipinski definition) is 5. The molecular formula is C24H30N3O3+. The van der Waals surface area contributed by atoms with Crippen LogP contribution in [0.4, 0.5) is 5.82 Å². The average molecular weight is 409 g/mol. The fourth-order valence-electron chi connectivity index (χ4n) is 4.49. The molecule has 6 nitrogen and oxygen atoms in total. The first kappa shape index (κ1) is 20.4. The van der Waals surface area contributed by atoms with E-state index in [-0.39, 0.29) is 17.1 Å². The molecule has 2 aliphatic rings. The van der Waals surface area contributed by atoms with Gasteiger partial charge in [0.2, 0.25) is 12.1 Å². The molecule has 1 aromatic heterocycles. The van der Waals surface area contributed by atoms with Crippen molar-refractivity contribution in [2.45, 2.75) is 53.0 Å². The van der Waals surface area contributed by atoms with Crippen molar-refractivity contribution >= 4 is 11.6 Å². The topological polar surface area (TPSA) is 78.3 Å². The van der Waals surface area contributed by atoms with Crippen molar-refractivity contribution in [3.8, 4) is 11.6 Å². The average Bonchev–Trinajstić information content (AvgIpc) is 2.67. The number of methoxy groups -OCH3 is 1. The van der Waals surface area contributed by atoms with Crippen molar-refractivity contribution in [3.05, 3.63) is 53.1 Å². The predicted octanol–water partition coefficient (Wildman–Crippen LogP) is 3.78. The summed E-state index contributed by atoms with van der Waals surface area (Å²) in [6.45, 7) is 9.21.